The van der Waals surface area contributed by atoms with Crippen molar-refractivity contribution in [1.29, 1.82) is 0 Å². The first-order chi connectivity index (χ1) is 11.3. The molecule has 0 radical (unpaired) electrons. The molecule has 1 aromatic heterocycles. The number of fused-ring (bicyclic) bond motifs is 2. The van der Waals surface area contributed by atoms with Crippen LogP contribution in [0.3, 0.4) is 0 Å². The third-order valence-corrected chi connectivity index (χ3v) is 3.89. The summed E-state index contributed by atoms with van der Waals surface area (Å²) in [6, 6.07) is 21.1. The highest BCUT2D eigenvalue weighted by atomic mass is 16.3. The molecule has 0 atom stereocenters. The van der Waals surface area contributed by atoms with Gasteiger partial charge in [-0.05, 0) is 18.2 Å². The maximum atomic E-state index is 12.8. The number of ketones is 1. The number of carbonyl (C=O) groups excluding carboxylic acids is 1. The first kappa shape index (κ1) is 13.5. The smallest absolute Gasteiger partial charge is 0.201 e. The lowest BCUT2D eigenvalue weighted by Crippen LogP contribution is -2.10. The molecule has 3 nitrogen and oxygen atoms in total. The minimum atomic E-state index is -0.182. The van der Waals surface area contributed by atoms with Crippen molar-refractivity contribution >= 4 is 27.7 Å². The van der Waals surface area contributed by atoms with Crippen LogP contribution >= 0.6 is 0 Å². The van der Waals surface area contributed by atoms with E-state index in [0.717, 1.165) is 0 Å². The van der Waals surface area contributed by atoms with Gasteiger partial charge >= 0.3 is 0 Å². The van der Waals surface area contributed by atoms with Gasteiger partial charge < -0.3 is 4.42 Å². The average Bonchev–Trinajstić information content (AvgIpc) is 2.61. The highest BCUT2D eigenvalue weighted by Gasteiger charge is 2.17. The van der Waals surface area contributed by atoms with E-state index >= 15 is 0 Å². The molecule has 110 valence electrons. The van der Waals surface area contributed by atoms with Crippen molar-refractivity contribution in [3.63, 3.8) is 0 Å². The van der Waals surface area contributed by atoms with Crippen LogP contribution in [0.15, 0.2) is 82.0 Å². The van der Waals surface area contributed by atoms with Crippen LogP contribution in [-0.2, 0) is 0 Å². The van der Waals surface area contributed by atoms with Crippen LogP contribution < -0.4 is 5.43 Å². The van der Waals surface area contributed by atoms with Gasteiger partial charge in [0.1, 0.15) is 11.2 Å². The Hall–Kier alpha value is -3.20. The molecule has 23 heavy (non-hydrogen) atoms. The molecule has 4 rings (SSSR count). The lowest BCUT2D eigenvalue weighted by molar-refractivity contribution is 0.104. The van der Waals surface area contributed by atoms with Crippen LogP contribution in [0.25, 0.3) is 21.9 Å². The van der Waals surface area contributed by atoms with Gasteiger partial charge in [0, 0.05) is 11.1 Å². The summed E-state index contributed by atoms with van der Waals surface area (Å²) < 4.78 is 5.80. The Balaban J connectivity index is 2.07. The molecular formula is C20H12O3. The molecule has 0 aliphatic rings. The Morgan fingerprint density at radius 1 is 0.739 bits per heavy atom. The molecular weight excluding hydrogens is 288 g/mol. The summed E-state index contributed by atoms with van der Waals surface area (Å²) in [5.41, 5.74) is 1.69. The lowest BCUT2D eigenvalue weighted by Gasteiger charge is -2.06. The van der Waals surface area contributed by atoms with E-state index in [0.29, 0.717) is 33.1 Å². The second-order valence-corrected chi connectivity index (χ2v) is 5.30. The molecule has 0 N–H and O–H groups in total. The van der Waals surface area contributed by atoms with Crippen LogP contribution in [0.2, 0.25) is 0 Å². The molecule has 3 aromatic carbocycles. The van der Waals surface area contributed by atoms with E-state index in [1.165, 1.54) is 0 Å². The molecule has 0 amide bonds. The van der Waals surface area contributed by atoms with Crippen LogP contribution in [0, 0.1) is 0 Å². The van der Waals surface area contributed by atoms with E-state index in [-0.39, 0.29) is 11.2 Å². The van der Waals surface area contributed by atoms with Crippen molar-refractivity contribution in [2.75, 3.05) is 0 Å². The van der Waals surface area contributed by atoms with Gasteiger partial charge in [-0.3, -0.25) is 9.59 Å². The van der Waals surface area contributed by atoms with Gasteiger partial charge in [-0.1, -0.05) is 54.6 Å². The number of hydrogen-bond acceptors (Lipinski definition) is 3. The molecule has 3 heteroatoms. The summed E-state index contributed by atoms with van der Waals surface area (Å²) in [5.74, 6) is -0.182. The summed E-state index contributed by atoms with van der Waals surface area (Å²) in [6.07, 6.45) is 0. The van der Waals surface area contributed by atoms with Crippen LogP contribution in [0.1, 0.15) is 15.9 Å². The molecule has 0 unspecified atom stereocenters. The van der Waals surface area contributed by atoms with Crippen molar-refractivity contribution in [3.05, 3.63) is 94.1 Å². The molecule has 0 saturated heterocycles. The predicted octanol–water partition coefficient (Wildman–Crippen LogP) is 4.18. The fourth-order valence-corrected chi connectivity index (χ4v) is 2.78. The minimum absolute atomic E-state index is 0.179. The van der Waals surface area contributed by atoms with Crippen molar-refractivity contribution in [3.8, 4) is 0 Å². The topological polar surface area (TPSA) is 47.3 Å². The number of rotatable bonds is 2. The quantitative estimate of drug-likeness (QED) is 0.412. The van der Waals surface area contributed by atoms with Crippen LogP contribution in [0.4, 0.5) is 0 Å². The van der Waals surface area contributed by atoms with Crippen LogP contribution in [-0.4, -0.2) is 5.78 Å². The monoisotopic (exact) mass is 300 g/mol. The van der Waals surface area contributed by atoms with Gasteiger partial charge in [0.15, 0.2) is 5.78 Å². The molecule has 4 aromatic rings. The van der Waals surface area contributed by atoms with E-state index in [4.69, 9.17) is 4.42 Å². The zero-order chi connectivity index (χ0) is 15.8. The highest BCUT2D eigenvalue weighted by Crippen LogP contribution is 2.23. The first-order valence-corrected chi connectivity index (χ1v) is 7.30. The summed E-state index contributed by atoms with van der Waals surface area (Å²) in [7, 11) is 0. The summed E-state index contributed by atoms with van der Waals surface area (Å²) >= 11 is 0. The molecule has 0 spiro atoms. The summed E-state index contributed by atoms with van der Waals surface area (Å²) in [4.78, 5) is 25.6. The summed E-state index contributed by atoms with van der Waals surface area (Å²) in [5, 5.41) is 0.813. The summed E-state index contributed by atoms with van der Waals surface area (Å²) in [6.45, 7) is 0. The van der Waals surface area contributed by atoms with Gasteiger partial charge in [-0.15, -0.1) is 0 Å². The van der Waals surface area contributed by atoms with Crippen molar-refractivity contribution in [2.45, 2.75) is 0 Å². The number of para-hydroxylation sites is 1. The zero-order valence-electron chi connectivity index (χ0n) is 12.2. The first-order valence-electron chi connectivity index (χ1n) is 7.30. The Kier molecular flexibility index (Phi) is 3.05. The molecule has 1 heterocycles. The lowest BCUT2D eigenvalue weighted by atomic mass is 9.98. The van der Waals surface area contributed by atoms with Gasteiger partial charge in [-0.25, -0.2) is 0 Å². The van der Waals surface area contributed by atoms with Gasteiger partial charge in [-0.2, -0.15) is 0 Å². The van der Waals surface area contributed by atoms with E-state index < -0.39 is 0 Å². The van der Waals surface area contributed by atoms with Crippen molar-refractivity contribution < 1.29 is 9.21 Å². The number of hydrogen-bond donors (Lipinski definition) is 0. The van der Waals surface area contributed by atoms with Gasteiger partial charge in [0.25, 0.3) is 0 Å². The second kappa shape index (κ2) is 5.21. The van der Waals surface area contributed by atoms with E-state index in [1.807, 2.05) is 12.1 Å². The van der Waals surface area contributed by atoms with Crippen molar-refractivity contribution in [2.24, 2.45) is 0 Å². The van der Waals surface area contributed by atoms with E-state index in [9.17, 15) is 9.59 Å². The largest absolute Gasteiger partial charge is 0.456 e. The van der Waals surface area contributed by atoms with Gasteiger partial charge in [0.05, 0.1) is 10.8 Å². The second-order valence-electron chi connectivity index (χ2n) is 5.30. The normalized spacial score (nSPS) is 11.0. The fraction of sp³-hybridized carbons (Fsp3) is 0. The third kappa shape index (κ3) is 2.14. The average molecular weight is 300 g/mol. The highest BCUT2D eigenvalue weighted by molar-refractivity contribution is 6.16. The fourth-order valence-electron chi connectivity index (χ4n) is 2.78. The molecule has 0 aliphatic heterocycles. The molecule has 0 saturated carbocycles. The standard InChI is InChI=1S/C20H12O3/c21-19(13-7-2-1-3-8-13)15-10-6-12-17-18(15)20(22)14-9-4-5-11-16(14)23-17/h1-12H. The van der Waals surface area contributed by atoms with Crippen LogP contribution in [0.5, 0.6) is 0 Å². The maximum Gasteiger partial charge on any atom is 0.201 e. The van der Waals surface area contributed by atoms with E-state index in [2.05, 4.69) is 0 Å². The Morgan fingerprint density at radius 3 is 2.26 bits per heavy atom. The number of benzene rings is 3. The molecule has 0 bridgehead atoms. The predicted molar refractivity (Wildman–Crippen MR) is 89.9 cm³/mol. The van der Waals surface area contributed by atoms with Crippen molar-refractivity contribution in [1.82, 2.24) is 0 Å². The third-order valence-electron chi connectivity index (χ3n) is 3.89. The number of carbonyl (C=O) groups is 1. The minimum Gasteiger partial charge on any atom is -0.456 e. The Labute approximate surface area is 131 Å². The Morgan fingerprint density at radius 2 is 1.43 bits per heavy atom. The van der Waals surface area contributed by atoms with Gasteiger partial charge in [0.2, 0.25) is 5.43 Å². The van der Waals surface area contributed by atoms with E-state index in [1.54, 1.807) is 60.7 Å². The molecule has 0 fully saturated rings. The Bertz CT molecular complexity index is 1090. The SMILES string of the molecule is O=C(c1ccccc1)c1cccc2oc3ccccc3c(=O)c12. The zero-order valence-corrected chi connectivity index (χ0v) is 12.2. The molecule has 0 aliphatic carbocycles. The maximum absolute atomic E-state index is 12.8.